The summed E-state index contributed by atoms with van der Waals surface area (Å²) in [6.07, 6.45) is 1.81. The minimum atomic E-state index is 0.945. The third kappa shape index (κ3) is 2.21. The smallest absolute Gasteiger partial charge is 0.134 e. The molecular formula is C21H16O. The van der Waals surface area contributed by atoms with Gasteiger partial charge in [-0.05, 0) is 52.9 Å². The second kappa shape index (κ2) is 5.19. The Morgan fingerprint density at radius 3 is 2.14 bits per heavy atom. The Morgan fingerprint density at radius 1 is 0.636 bits per heavy atom. The second-order valence-corrected chi connectivity index (χ2v) is 5.58. The third-order valence-electron chi connectivity index (χ3n) is 4.07. The minimum absolute atomic E-state index is 0.945. The average molecular weight is 284 g/mol. The zero-order valence-corrected chi connectivity index (χ0v) is 12.4. The first-order valence-electron chi connectivity index (χ1n) is 7.45. The summed E-state index contributed by atoms with van der Waals surface area (Å²) in [6, 6.07) is 25.5. The standard InChI is InChI=1S/C21H16O/c1-15-14-22-21-11-10-19(13-20(15)21)18-9-5-8-17(12-18)16-6-3-2-4-7-16/h2-14H,1H3. The van der Waals surface area contributed by atoms with Gasteiger partial charge in [0.1, 0.15) is 5.58 Å². The Bertz CT molecular complexity index is 932. The van der Waals surface area contributed by atoms with Crippen molar-refractivity contribution in [1.29, 1.82) is 0 Å². The van der Waals surface area contributed by atoms with Gasteiger partial charge in [0.05, 0.1) is 6.26 Å². The summed E-state index contributed by atoms with van der Waals surface area (Å²) in [7, 11) is 0. The Kier molecular flexibility index (Phi) is 3.05. The first-order chi connectivity index (χ1) is 10.8. The second-order valence-electron chi connectivity index (χ2n) is 5.58. The van der Waals surface area contributed by atoms with Crippen LogP contribution < -0.4 is 0 Å². The Hall–Kier alpha value is -2.80. The van der Waals surface area contributed by atoms with Crippen LogP contribution in [-0.2, 0) is 0 Å². The van der Waals surface area contributed by atoms with Crippen LogP contribution in [0.3, 0.4) is 0 Å². The van der Waals surface area contributed by atoms with Crippen LogP contribution in [0.25, 0.3) is 33.2 Å². The van der Waals surface area contributed by atoms with E-state index in [4.69, 9.17) is 4.42 Å². The average Bonchev–Trinajstić information content (AvgIpc) is 2.96. The van der Waals surface area contributed by atoms with Crippen LogP contribution in [-0.4, -0.2) is 0 Å². The number of hydrogen-bond donors (Lipinski definition) is 0. The van der Waals surface area contributed by atoms with Crippen LogP contribution in [0.4, 0.5) is 0 Å². The molecule has 4 rings (SSSR count). The van der Waals surface area contributed by atoms with E-state index in [0.29, 0.717) is 0 Å². The van der Waals surface area contributed by atoms with Gasteiger partial charge >= 0.3 is 0 Å². The lowest BCUT2D eigenvalue weighted by molar-refractivity contribution is 0.613. The number of fused-ring (bicyclic) bond motifs is 1. The third-order valence-corrected chi connectivity index (χ3v) is 4.07. The van der Waals surface area contributed by atoms with Crippen molar-refractivity contribution in [1.82, 2.24) is 0 Å². The molecule has 0 saturated carbocycles. The lowest BCUT2D eigenvalue weighted by Gasteiger charge is -2.06. The van der Waals surface area contributed by atoms with Gasteiger partial charge < -0.3 is 4.42 Å². The fourth-order valence-electron chi connectivity index (χ4n) is 2.84. The lowest BCUT2D eigenvalue weighted by atomic mass is 9.98. The fourth-order valence-corrected chi connectivity index (χ4v) is 2.84. The molecular weight excluding hydrogens is 268 g/mol. The highest BCUT2D eigenvalue weighted by Crippen LogP contribution is 2.30. The largest absolute Gasteiger partial charge is 0.464 e. The summed E-state index contributed by atoms with van der Waals surface area (Å²) < 4.78 is 5.53. The molecule has 1 heteroatoms. The summed E-state index contributed by atoms with van der Waals surface area (Å²) in [5.41, 5.74) is 7.04. The predicted octanol–water partition coefficient (Wildman–Crippen LogP) is 6.08. The van der Waals surface area contributed by atoms with E-state index in [1.165, 1.54) is 33.2 Å². The van der Waals surface area contributed by atoms with Gasteiger partial charge in [0.15, 0.2) is 0 Å². The maximum absolute atomic E-state index is 5.53. The van der Waals surface area contributed by atoms with E-state index in [1.807, 2.05) is 18.4 Å². The Morgan fingerprint density at radius 2 is 1.32 bits per heavy atom. The quantitative estimate of drug-likeness (QED) is 0.435. The van der Waals surface area contributed by atoms with Gasteiger partial charge in [-0.1, -0.05) is 54.6 Å². The highest BCUT2D eigenvalue weighted by molar-refractivity contribution is 5.86. The molecule has 1 aromatic heterocycles. The minimum Gasteiger partial charge on any atom is -0.464 e. The molecule has 106 valence electrons. The molecule has 0 fully saturated rings. The van der Waals surface area contributed by atoms with Crippen LogP contribution in [0.1, 0.15) is 5.56 Å². The molecule has 0 radical (unpaired) electrons. The number of rotatable bonds is 2. The number of aryl methyl sites for hydroxylation is 1. The van der Waals surface area contributed by atoms with Gasteiger partial charge in [-0.25, -0.2) is 0 Å². The molecule has 1 heterocycles. The number of benzene rings is 3. The monoisotopic (exact) mass is 284 g/mol. The van der Waals surface area contributed by atoms with Crippen LogP contribution in [0.5, 0.6) is 0 Å². The van der Waals surface area contributed by atoms with E-state index < -0.39 is 0 Å². The highest BCUT2D eigenvalue weighted by Gasteiger charge is 2.06. The molecule has 0 N–H and O–H groups in total. The van der Waals surface area contributed by atoms with E-state index in [-0.39, 0.29) is 0 Å². The zero-order valence-electron chi connectivity index (χ0n) is 12.4. The molecule has 0 spiro atoms. The summed E-state index contributed by atoms with van der Waals surface area (Å²) in [6.45, 7) is 2.08. The van der Waals surface area contributed by atoms with Crippen molar-refractivity contribution in [3.05, 3.63) is 84.6 Å². The Labute approximate surface area is 129 Å². The van der Waals surface area contributed by atoms with Gasteiger partial charge in [0.2, 0.25) is 0 Å². The number of hydrogen-bond acceptors (Lipinski definition) is 1. The first-order valence-corrected chi connectivity index (χ1v) is 7.45. The maximum Gasteiger partial charge on any atom is 0.134 e. The van der Waals surface area contributed by atoms with E-state index in [1.54, 1.807) is 0 Å². The van der Waals surface area contributed by atoms with Gasteiger partial charge in [0.25, 0.3) is 0 Å². The van der Waals surface area contributed by atoms with E-state index >= 15 is 0 Å². The van der Waals surface area contributed by atoms with Crippen molar-refractivity contribution >= 4 is 11.0 Å². The SMILES string of the molecule is Cc1coc2ccc(-c3cccc(-c4ccccc4)c3)cc12. The molecule has 0 unspecified atom stereocenters. The zero-order chi connectivity index (χ0) is 14.9. The maximum atomic E-state index is 5.53. The van der Waals surface area contributed by atoms with Gasteiger partial charge in [-0.15, -0.1) is 0 Å². The fraction of sp³-hybridized carbons (Fsp3) is 0.0476. The normalized spacial score (nSPS) is 11.0. The molecule has 22 heavy (non-hydrogen) atoms. The molecule has 0 amide bonds. The van der Waals surface area contributed by atoms with Crippen molar-refractivity contribution < 1.29 is 4.42 Å². The van der Waals surface area contributed by atoms with Crippen molar-refractivity contribution in [3.63, 3.8) is 0 Å². The molecule has 0 aliphatic rings. The molecule has 0 aliphatic carbocycles. The summed E-state index contributed by atoms with van der Waals surface area (Å²) in [5, 5.41) is 1.18. The molecule has 0 bridgehead atoms. The van der Waals surface area contributed by atoms with Gasteiger partial charge in [-0.2, -0.15) is 0 Å². The van der Waals surface area contributed by atoms with Crippen molar-refractivity contribution in [2.24, 2.45) is 0 Å². The van der Waals surface area contributed by atoms with Crippen molar-refractivity contribution in [2.75, 3.05) is 0 Å². The van der Waals surface area contributed by atoms with E-state index in [9.17, 15) is 0 Å². The highest BCUT2D eigenvalue weighted by atomic mass is 16.3. The lowest BCUT2D eigenvalue weighted by Crippen LogP contribution is -1.81. The predicted molar refractivity (Wildman–Crippen MR) is 91.8 cm³/mol. The summed E-state index contributed by atoms with van der Waals surface area (Å²) in [5.74, 6) is 0. The van der Waals surface area contributed by atoms with Crippen LogP contribution >= 0.6 is 0 Å². The van der Waals surface area contributed by atoms with Crippen LogP contribution in [0.15, 0.2) is 83.5 Å². The Balaban J connectivity index is 1.83. The molecule has 0 aliphatic heterocycles. The first kappa shape index (κ1) is 12.9. The molecule has 4 aromatic rings. The van der Waals surface area contributed by atoms with E-state index in [0.717, 1.165) is 5.58 Å². The van der Waals surface area contributed by atoms with Gasteiger partial charge in [0, 0.05) is 5.39 Å². The topological polar surface area (TPSA) is 13.1 Å². The summed E-state index contributed by atoms with van der Waals surface area (Å²) in [4.78, 5) is 0. The number of furan rings is 1. The molecule has 0 saturated heterocycles. The molecule has 1 nitrogen and oxygen atoms in total. The van der Waals surface area contributed by atoms with Crippen molar-refractivity contribution in [3.8, 4) is 22.3 Å². The summed E-state index contributed by atoms with van der Waals surface area (Å²) >= 11 is 0. The molecule has 0 atom stereocenters. The molecule has 3 aromatic carbocycles. The van der Waals surface area contributed by atoms with Crippen molar-refractivity contribution in [2.45, 2.75) is 6.92 Å². The van der Waals surface area contributed by atoms with Crippen LogP contribution in [0.2, 0.25) is 0 Å². The van der Waals surface area contributed by atoms with Crippen LogP contribution in [0, 0.1) is 6.92 Å². The van der Waals surface area contributed by atoms with E-state index in [2.05, 4.69) is 67.6 Å². The van der Waals surface area contributed by atoms with Gasteiger partial charge in [-0.3, -0.25) is 0 Å².